The Bertz CT molecular complexity index is 5030. The lowest BCUT2D eigenvalue weighted by Crippen LogP contribution is -2.29. The smallest absolute Gasteiger partial charge is 0.260 e. The van der Waals surface area contributed by atoms with Crippen LogP contribution in [0.4, 0.5) is 69.8 Å². The molecule has 10 aromatic rings. The number of halogens is 4. The molecule has 30 nitrogen and oxygen atoms in total. The summed E-state index contributed by atoms with van der Waals surface area (Å²) in [5.74, 6) is -2.25. The topological polar surface area (TPSA) is 370 Å². The number of amides is 4. The fourth-order valence-electron chi connectivity index (χ4n) is 9.87. The molecule has 0 spiro atoms. The third-order valence-electron chi connectivity index (χ3n) is 15.3. The Morgan fingerprint density at radius 2 is 0.973 bits per heavy atom. The van der Waals surface area contributed by atoms with E-state index in [1.165, 1.54) is 54.5 Å². The molecule has 2 fully saturated rings. The molecule has 4 amide bonds. The Labute approximate surface area is 628 Å². The maximum absolute atomic E-state index is 14.1. The number of sulfonamides is 1. The van der Waals surface area contributed by atoms with Gasteiger partial charge in [-0.15, -0.1) is 0 Å². The number of nitrogens with two attached hydrogens (primary N) is 1. The summed E-state index contributed by atoms with van der Waals surface area (Å²) in [7, 11) is 0.891. The Morgan fingerprint density at radius 3 is 1.46 bits per heavy atom. The number of aromatic nitrogens is 9. The number of likely N-dealkylation sites (tertiary alicyclic amines) is 2. The van der Waals surface area contributed by atoms with Gasteiger partial charge in [-0.25, -0.2) is 38.5 Å². The minimum absolute atomic E-state index is 0.0333. The molecule has 568 valence electrons. The van der Waals surface area contributed by atoms with E-state index in [2.05, 4.69) is 97.8 Å². The van der Waals surface area contributed by atoms with Crippen molar-refractivity contribution in [1.29, 1.82) is 0 Å². The zero-order chi connectivity index (χ0) is 78.7. The van der Waals surface area contributed by atoms with Crippen LogP contribution in [0, 0.1) is 23.3 Å². The van der Waals surface area contributed by atoms with Crippen molar-refractivity contribution in [2.75, 3.05) is 74.0 Å². The van der Waals surface area contributed by atoms with Gasteiger partial charge in [0.1, 0.15) is 29.5 Å². The van der Waals surface area contributed by atoms with Gasteiger partial charge >= 0.3 is 0 Å². The molecule has 2 aliphatic rings. The van der Waals surface area contributed by atoms with Gasteiger partial charge in [0.2, 0.25) is 86.6 Å². The van der Waals surface area contributed by atoms with E-state index in [4.69, 9.17) is 33.6 Å². The van der Waals surface area contributed by atoms with E-state index < -0.39 is 39.2 Å². The molecule has 5 aromatic carbocycles. The minimum Gasteiger partial charge on any atom is -0.497 e. The van der Waals surface area contributed by atoms with Crippen molar-refractivity contribution < 1.29 is 73.6 Å². The summed E-state index contributed by atoms with van der Waals surface area (Å²) in [6, 6.07) is 38.8. The molecular weight excluding hydrogens is 1450 g/mol. The maximum atomic E-state index is 14.1. The van der Waals surface area contributed by atoms with Crippen LogP contribution < -0.4 is 60.1 Å². The molecule has 0 bridgehead atoms. The number of hydrogen-bond acceptors (Lipinski definition) is 25. The fraction of sp³-hybridized carbons (Fsp3) is 0.160. The highest BCUT2D eigenvalue weighted by atomic mass is 32.2. The number of rotatable bonds is 26. The molecule has 5 aromatic heterocycles. The normalized spacial score (nSPS) is 13.2. The summed E-state index contributed by atoms with van der Waals surface area (Å²) >= 11 is 0. The van der Waals surface area contributed by atoms with Crippen LogP contribution in [0.5, 0.6) is 46.6 Å². The predicted octanol–water partition coefficient (Wildman–Crippen LogP) is 11.7. The van der Waals surface area contributed by atoms with Gasteiger partial charge in [0, 0.05) is 80.5 Å². The van der Waals surface area contributed by atoms with Gasteiger partial charge in [-0.3, -0.25) is 19.2 Å². The number of anilines is 9. The van der Waals surface area contributed by atoms with Crippen molar-refractivity contribution in [3.63, 3.8) is 0 Å². The Hall–Kier alpha value is -14.0. The van der Waals surface area contributed by atoms with Crippen LogP contribution in [-0.4, -0.2) is 151 Å². The highest BCUT2D eigenvalue weighted by Crippen LogP contribution is 2.30. The molecule has 2 saturated heterocycles. The zero-order valence-electron chi connectivity index (χ0n) is 59.2. The highest BCUT2D eigenvalue weighted by molar-refractivity contribution is 7.89. The lowest BCUT2D eigenvalue weighted by atomic mass is 10.2. The molecule has 7 N–H and O–H groups in total. The molecule has 35 heteroatoms. The number of ether oxygens (including phenoxy) is 6. The summed E-state index contributed by atoms with van der Waals surface area (Å²) in [4.78, 5) is 86.6. The quantitative estimate of drug-likeness (QED) is 0.0217. The molecule has 0 saturated carbocycles. The second-order valence-electron chi connectivity index (χ2n) is 23.1. The van der Waals surface area contributed by atoms with Crippen molar-refractivity contribution in [2.24, 2.45) is 5.14 Å². The van der Waals surface area contributed by atoms with Crippen LogP contribution in [-0.2, 0) is 35.7 Å². The van der Waals surface area contributed by atoms with E-state index in [1.54, 1.807) is 96.9 Å². The number of benzene rings is 5. The third kappa shape index (κ3) is 24.0. The third-order valence-corrected chi connectivity index (χ3v) is 16.2. The average Bonchev–Trinajstić information content (AvgIpc) is 1.30. The predicted molar refractivity (Wildman–Crippen MR) is 399 cm³/mol. The molecule has 12 rings (SSSR count). The fourth-order valence-corrected chi connectivity index (χ4v) is 10.4. The first kappa shape index (κ1) is 80.1. The van der Waals surface area contributed by atoms with Crippen LogP contribution in [0.2, 0.25) is 0 Å². The van der Waals surface area contributed by atoms with Gasteiger partial charge in [0.15, 0.2) is 0 Å². The summed E-state index contributed by atoms with van der Waals surface area (Å²) in [5, 5.41) is 19.3. The number of likely N-dealkylation sites (N-methyl/N-ethyl adjacent to an activating group) is 1. The first-order chi connectivity index (χ1) is 53.0. The number of nitrogens with zero attached hydrogens (tertiary/aromatic N) is 12. The van der Waals surface area contributed by atoms with E-state index in [-0.39, 0.29) is 87.9 Å². The number of carbonyl (C=O) groups is 4. The number of pyridine rings is 1. The van der Waals surface area contributed by atoms with Crippen molar-refractivity contribution >= 4 is 85.9 Å². The maximum Gasteiger partial charge on any atom is 0.260 e. The van der Waals surface area contributed by atoms with Gasteiger partial charge in [0.25, 0.3) is 23.5 Å². The number of carbonyl (C=O) groups excluding carboxylic acids is 4. The molecule has 110 heavy (non-hydrogen) atoms. The second kappa shape index (κ2) is 38.9. The first-order valence-electron chi connectivity index (χ1n) is 33.0. The molecule has 0 aliphatic carbocycles. The minimum atomic E-state index is -3.89. The molecule has 7 heterocycles. The van der Waals surface area contributed by atoms with Crippen LogP contribution in [0.1, 0.15) is 18.4 Å². The van der Waals surface area contributed by atoms with Crippen LogP contribution in [0.25, 0.3) is 0 Å². The summed E-state index contributed by atoms with van der Waals surface area (Å²) in [5.41, 5.74) is 3.75. The van der Waals surface area contributed by atoms with E-state index in [1.807, 2.05) is 48.5 Å². The van der Waals surface area contributed by atoms with Gasteiger partial charge in [0.05, 0.1) is 68.9 Å². The first-order valence-corrected chi connectivity index (χ1v) is 34.5. The van der Waals surface area contributed by atoms with Crippen molar-refractivity contribution in [3.8, 4) is 46.6 Å². The SMILES string of the molecule is C=CC(=O)N(C)Cc1ccc(Oc2nc(Nc3ccccc3)ncc2F)cc1.C=CC(=O)N1CCC(Oc2nc(Nc3ccc(OC)nc3)ncc2F)C1.C=CC(=O)N1CCC(Oc2nc(Nc3cccc(OC)c3)ncc2F)C1.C=CC(=O)Nc1cccc(Oc2nc(Nc3cccc(S(N)(=O)=O)c3)ncc2F)c1. The van der Waals surface area contributed by atoms with E-state index in [0.717, 1.165) is 42.1 Å². The number of primary sulfonamides is 1. The van der Waals surface area contributed by atoms with Gasteiger partial charge < -0.3 is 69.7 Å². The zero-order valence-corrected chi connectivity index (χ0v) is 60.0. The van der Waals surface area contributed by atoms with E-state index >= 15 is 0 Å². The molecular formula is C75H72F4N18O12S. The summed E-state index contributed by atoms with van der Waals surface area (Å²) in [6.45, 7) is 16.0. The van der Waals surface area contributed by atoms with Crippen molar-refractivity contribution in [1.82, 2.24) is 59.6 Å². The second-order valence-corrected chi connectivity index (χ2v) is 24.7. The summed E-state index contributed by atoms with van der Waals surface area (Å²) in [6.07, 6.45) is 11.0. The van der Waals surface area contributed by atoms with Crippen LogP contribution in [0.3, 0.4) is 0 Å². The van der Waals surface area contributed by atoms with Gasteiger partial charge in [-0.2, -0.15) is 37.5 Å². The summed E-state index contributed by atoms with van der Waals surface area (Å²) < 4.78 is 112. The lowest BCUT2D eigenvalue weighted by Gasteiger charge is -2.16. The molecule has 0 radical (unpaired) electrons. The Balaban J connectivity index is 0.000000169. The molecule has 2 unspecified atom stereocenters. The van der Waals surface area contributed by atoms with Crippen molar-refractivity contribution in [2.45, 2.75) is 36.5 Å². The standard InChI is InChI=1S/C21H19FN4O2.C19H16FN5O4S.C18H19FN4O3.C17H18FN5O3/c1-3-19(27)26(2)14-15-9-11-17(12-10-15)28-20-18(22)13-23-21(25-20)24-16-7-5-4-6-8-16;1-2-17(26)23-12-5-3-7-14(9-12)29-18-16(20)11-22-19(25-18)24-13-6-4-8-15(10-13)30(21,27)28;1-3-16(24)23-8-7-14(11-23)26-17-15(19)10-20-18(22-17)21-12-5-4-6-13(9-12)25-2;1-3-15(24)23-7-6-12(10-23)26-16-13(18)9-20-17(22-16)21-11-4-5-14(25-2)19-8-11/h3-13H,1,14H2,2H3,(H,23,24,25);2-11H,1H2,(H,23,26)(H2,21,27,28)(H,22,24,25);3-6,9-10,14H,1,7-8,11H2,2H3,(H,20,21,22);3-5,8-9,12H,1,6-7,10H2,2H3,(H,20,21,22). The average molecular weight is 1530 g/mol. The van der Waals surface area contributed by atoms with Crippen molar-refractivity contribution in [3.05, 3.63) is 250 Å². The largest absolute Gasteiger partial charge is 0.497 e. The number of methoxy groups -OCH3 is 2. The van der Waals surface area contributed by atoms with Crippen LogP contribution in [0.15, 0.2) is 226 Å². The van der Waals surface area contributed by atoms with Crippen LogP contribution >= 0.6 is 0 Å². The monoisotopic (exact) mass is 1520 g/mol. The van der Waals surface area contributed by atoms with Gasteiger partial charge in [-0.1, -0.05) is 74.8 Å². The Morgan fingerprint density at radius 1 is 0.509 bits per heavy atom. The van der Waals surface area contributed by atoms with E-state index in [0.29, 0.717) is 85.7 Å². The molecule has 2 atom stereocenters. The van der Waals surface area contributed by atoms with Gasteiger partial charge in [-0.05, 0) is 103 Å². The number of nitrogens with one attached hydrogen (secondary N) is 5. The number of para-hydroxylation sites is 1. The Kier molecular flexibility index (Phi) is 28.3. The van der Waals surface area contributed by atoms with E-state index in [9.17, 15) is 45.2 Å². The number of hydrogen-bond donors (Lipinski definition) is 6. The highest BCUT2D eigenvalue weighted by Gasteiger charge is 2.30. The lowest BCUT2D eigenvalue weighted by molar-refractivity contribution is -0.126. The molecule has 2 aliphatic heterocycles.